The Balaban J connectivity index is 1.45. The van der Waals surface area contributed by atoms with Gasteiger partial charge >= 0.3 is 0 Å². The number of pyridine rings is 1. The number of rotatable bonds is 7. The van der Waals surface area contributed by atoms with E-state index < -0.39 is 0 Å². The third-order valence-electron chi connectivity index (χ3n) is 4.15. The summed E-state index contributed by atoms with van der Waals surface area (Å²) in [5.74, 6) is 1.74. The van der Waals surface area contributed by atoms with Crippen LogP contribution in [-0.2, 0) is 11.3 Å². The maximum absolute atomic E-state index is 12.2. The van der Waals surface area contributed by atoms with Crippen LogP contribution >= 0.6 is 11.8 Å². The fraction of sp³-hybridized carbons (Fsp3) is 0.263. The lowest BCUT2D eigenvalue weighted by molar-refractivity contribution is -0.113. The lowest BCUT2D eigenvalue weighted by Gasteiger charge is -2.10. The van der Waals surface area contributed by atoms with Crippen molar-refractivity contribution in [2.75, 3.05) is 11.1 Å². The van der Waals surface area contributed by atoms with E-state index in [0.29, 0.717) is 11.6 Å². The fourth-order valence-corrected chi connectivity index (χ4v) is 3.47. The summed E-state index contributed by atoms with van der Waals surface area (Å²) in [6, 6.07) is 13.9. The fourth-order valence-electron chi connectivity index (χ4n) is 2.73. The molecule has 1 aliphatic carbocycles. The van der Waals surface area contributed by atoms with Gasteiger partial charge in [0, 0.05) is 12.1 Å². The summed E-state index contributed by atoms with van der Waals surface area (Å²) >= 11 is 1.42. The van der Waals surface area contributed by atoms with Gasteiger partial charge in [-0.25, -0.2) is 0 Å². The molecular formula is C19H19N5OS. The van der Waals surface area contributed by atoms with Crippen LogP contribution in [-0.4, -0.2) is 31.4 Å². The van der Waals surface area contributed by atoms with Gasteiger partial charge in [0.05, 0.1) is 24.2 Å². The Morgan fingerprint density at radius 2 is 2.00 bits per heavy atom. The number of amides is 1. The van der Waals surface area contributed by atoms with E-state index in [9.17, 15) is 4.79 Å². The van der Waals surface area contributed by atoms with Crippen LogP contribution in [0.4, 0.5) is 5.69 Å². The summed E-state index contributed by atoms with van der Waals surface area (Å²) in [5, 5.41) is 12.4. The minimum Gasteiger partial charge on any atom is -0.324 e. The molecule has 7 heteroatoms. The van der Waals surface area contributed by atoms with Crippen LogP contribution in [0.25, 0.3) is 0 Å². The molecule has 2 heterocycles. The molecule has 0 unspecified atom stereocenters. The van der Waals surface area contributed by atoms with Crippen molar-refractivity contribution >= 4 is 23.4 Å². The molecule has 0 spiro atoms. The number of carbonyl (C=O) groups excluding carboxylic acids is 1. The first-order chi connectivity index (χ1) is 12.8. The Morgan fingerprint density at radius 1 is 1.15 bits per heavy atom. The molecule has 4 rings (SSSR count). The number of hydrogen-bond donors (Lipinski definition) is 1. The van der Waals surface area contributed by atoms with Crippen LogP contribution in [0.2, 0.25) is 0 Å². The third-order valence-corrected chi connectivity index (χ3v) is 5.12. The second-order valence-corrected chi connectivity index (χ2v) is 7.21. The maximum atomic E-state index is 12.2. The Morgan fingerprint density at radius 3 is 2.73 bits per heavy atom. The van der Waals surface area contributed by atoms with Crippen LogP contribution in [0, 0.1) is 0 Å². The van der Waals surface area contributed by atoms with Gasteiger partial charge in [0.1, 0.15) is 5.82 Å². The lowest BCUT2D eigenvalue weighted by Crippen LogP contribution is -2.15. The number of nitrogens with one attached hydrogen (secondary N) is 1. The van der Waals surface area contributed by atoms with E-state index >= 15 is 0 Å². The van der Waals surface area contributed by atoms with Crippen LogP contribution in [0.15, 0.2) is 60.0 Å². The molecule has 6 nitrogen and oxygen atoms in total. The van der Waals surface area contributed by atoms with Gasteiger partial charge in [-0.05, 0) is 30.5 Å². The van der Waals surface area contributed by atoms with E-state index in [4.69, 9.17) is 0 Å². The normalized spacial score (nSPS) is 13.5. The van der Waals surface area contributed by atoms with Crippen molar-refractivity contribution in [1.82, 2.24) is 19.7 Å². The van der Waals surface area contributed by atoms with E-state index in [1.165, 1.54) is 30.2 Å². The first-order valence-electron chi connectivity index (χ1n) is 8.59. The Kier molecular flexibility index (Phi) is 4.97. The second-order valence-electron chi connectivity index (χ2n) is 6.27. The minimum absolute atomic E-state index is 0.0785. The van der Waals surface area contributed by atoms with E-state index in [1.807, 2.05) is 24.3 Å². The van der Waals surface area contributed by atoms with E-state index in [2.05, 4.69) is 37.2 Å². The Hall–Kier alpha value is -2.67. The monoisotopic (exact) mass is 365 g/mol. The van der Waals surface area contributed by atoms with Crippen molar-refractivity contribution in [1.29, 1.82) is 0 Å². The molecular weight excluding hydrogens is 346 g/mol. The van der Waals surface area contributed by atoms with Crippen molar-refractivity contribution in [3.05, 3.63) is 66.2 Å². The summed E-state index contributed by atoms with van der Waals surface area (Å²) in [5.41, 5.74) is 1.90. The van der Waals surface area contributed by atoms with Gasteiger partial charge in [-0.3, -0.25) is 9.78 Å². The molecule has 1 N–H and O–H groups in total. The summed E-state index contributed by atoms with van der Waals surface area (Å²) in [7, 11) is 0. The zero-order valence-corrected chi connectivity index (χ0v) is 15.0. The summed E-state index contributed by atoms with van der Waals surface area (Å²) < 4.78 is 2.15. The SMILES string of the molecule is O=C(CSc1nnc(C2CC2)n1Cc1ccccc1)Nc1cccnc1. The zero-order valence-electron chi connectivity index (χ0n) is 14.2. The molecule has 1 fully saturated rings. The summed E-state index contributed by atoms with van der Waals surface area (Å²) in [6.45, 7) is 0.728. The average molecular weight is 365 g/mol. The van der Waals surface area contributed by atoms with E-state index in [1.54, 1.807) is 18.5 Å². The molecule has 1 saturated carbocycles. The van der Waals surface area contributed by atoms with Crippen LogP contribution in [0.1, 0.15) is 30.1 Å². The molecule has 0 bridgehead atoms. The molecule has 26 heavy (non-hydrogen) atoms. The molecule has 2 aromatic heterocycles. The largest absolute Gasteiger partial charge is 0.324 e. The number of anilines is 1. The molecule has 0 aliphatic heterocycles. The zero-order chi connectivity index (χ0) is 17.8. The molecule has 0 atom stereocenters. The molecule has 0 radical (unpaired) electrons. The number of thioether (sulfide) groups is 1. The van der Waals surface area contributed by atoms with Crippen LogP contribution in [0.5, 0.6) is 0 Å². The van der Waals surface area contributed by atoms with Crippen LogP contribution < -0.4 is 5.32 Å². The molecule has 1 aliphatic rings. The summed E-state index contributed by atoms with van der Waals surface area (Å²) in [6.07, 6.45) is 5.64. The van der Waals surface area contributed by atoms with Crippen molar-refractivity contribution in [3.63, 3.8) is 0 Å². The van der Waals surface area contributed by atoms with Gasteiger partial charge in [0.15, 0.2) is 5.16 Å². The van der Waals surface area contributed by atoms with Crippen LogP contribution in [0.3, 0.4) is 0 Å². The highest BCUT2D eigenvalue weighted by atomic mass is 32.2. The van der Waals surface area contributed by atoms with E-state index in [-0.39, 0.29) is 11.7 Å². The van der Waals surface area contributed by atoms with Gasteiger partial charge < -0.3 is 9.88 Å². The number of nitrogens with zero attached hydrogens (tertiary/aromatic N) is 4. The topological polar surface area (TPSA) is 72.7 Å². The standard InChI is InChI=1S/C19H19N5OS/c25-17(21-16-7-4-10-20-11-16)13-26-19-23-22-18(15-8-9-15)24(19)12-14-5-2-1-3-6-14/h1-7,10-11,15H,8-9,12-13H2,(H,21,25). The molecule has 3 aromatic rings. The number of aromatic nitrogens is 4. The van der Waals surface area contributed by atoms with Gasteiger partial charge in [-0.1, -0.05) is 42.1 Å². The van der Waals surface area contributed by atoms with Crippen molar-refractivity contribution in [2.45, 2.75) is 30.5 Å². The number of carbonyl (C=O) groups is 1. The summed E-state index contributed by atoms with van der Waals surface area (Å²) in [4.78, 5) is 16.2. The maximum Gasteiger partial charge on any atom is 0.234 e. The molecule has 0 saturated heterocycles. The van der Waals surface area contributed by atoms with Crippen molar-refractivity contribution in [3.8, 4) is 0 Å². The van der Waals surface area contributed by atoms with Gasteiger partial charge in [-0.2, -0.15) is 0 Å². The predicted molar refractivity (Wildman–Crippen MR) is 101 cm³/mol. The second kappa shape index (κ2) is 7.70. The number of benzene rings is 1. The highest BCUT2D eigenvalue weighted by Crippen LogP contribution is 2.40. The first-order valence-corrected chi connectivity index (χ1v) is 9.58. The van der Waals surface area contributed by atoms with Gasteiger partial charge in [0.25, 0.3) is 0 Å². The third kappa shape index (κ3) is 4.11. The Bertz CT molecular complexity index is 877. The molecule has 132 valence electrons. The average Bonchev–Trinajstić information content (AvgIpc) is 3.44. The lowest BCUT2D eigenvalue weighted by atomic mass is 10.2. The van der Waals surface area contributed by atoms with Gasteiger partial charge in [-0.15, -0.1) is 10.2 Å². The Labute approximate surface area is 156 Å². The van der Waals surface area contributed by atoms with Gasteiger partial charge in [0.2, 0.25) is 5.91 Å². The quantitative estimate of drug-likeness (QED) is 0.650. The molecule has 1 amide bonds. The predicted octanol–water partition coefficient (Wildman–Crippen LogP) is 3.33. The minimum atomic E-state index is -0.0785. The first kappa shape index (κ1) is 16.8. The molecule has 1 aromatic carbocycles. The number of hydrogen-bond acceptors (Lipinski definition) is 5. The van der Waals surface area contributed by atoms with Crippen molar-refractivity contribution < 1.29 is 4.79 Å². The van der Waals surface area contributed by atoms with Crippen molar-refractivity contribution in [2.24, 2.45) is 0 Å². The van der Waals surface area contributed by atoms with E-state index in [0.717, 1.165) is 17.5 Å². The highest BCUT2D eigenvalue weighted by Gasteiger charge is 2.30. The highest BCUT2D eigenvalue weighted by molar-refractivity contribution is 7.99. The smallest absolute Gasteiger partial charge is 0.234 e.